The summed E-state index contributed by atoms with van der Waals surface area (Å²) in [6, 6.07) is 7.04. The van der Waals surface area contributed by atoms with Crippen LogP contribution in [0.15, 0.2) is 24.3 Å². The molecule has 1 aliphatic rings. The highest BCUT2D eigenvalue weighted by atomic mass is 16.5. The third-order valence-corrected chi connectivity index (χ3v) is 3.27. The van der Waals surface area contributed by atoms with Crippen LogP contribution < -0.4 is 10.2 Å². The Balaban J connectivity index is 1.75. The standard InChI is InChI=1S/C13H20BNO3/c16-14(17)12-6-1-2-7-13(12)18-11-5-10-15-8-3-4-9-15/h1-2,6-7,16-17H,3-5,8-11H2. The molecule has 98 valence electrons. The summed E-state index contributed by atoms with van der Waals surface area (Å²) in [4.78, 5) is 2.44. The van der Waals surface area contributed by atoms with Crippen molar-refractivity contribution in [2.75, 3.05) is 26.2 Å². The summed E-state index contributed by atoms with van der Waals surface area (Å²) in [6.45, 7) is 4.07. The van der Waals surface area contributed by atoms with Gasteiger partial charge in [-0.1, -0.05) is 18.2 Å². The number of nitrogens with zero attached hydrogens (tertiary/aromatic N) is 1. The largest absolute Gasteiger partial charge is 0.494 e. The fraction of sp³-hybridized carbons (Fsp3) is 0.538. The molecule has 18 heavy (non-hydrogen) atoms. The maximum absolute atomic E-state index is 9.20. The van der Waals surface area contributed by atoms with Crippen LogP contribution in [0.3, 0.4) is 0 Å². The van der Waals surface area contributed by atoms with E-state index in [0.29, 0.717) is 17.8 Å². The zero-order chi connectivity index (χ0) is 12.8. The minimum absolute atomic E-state index is 0.429. The van der Waals surface area contributed by atoms with Crippen LogP contribution in [-0.4, -0.2) is 48.3 Å². The molecule has 0 saturated carbocycles. The SMILES string of the molecule is OB(O)c1ccccc1OCCCN1CCCC1. The lowest BCUT2D eigenvalue weighted by molar-refractivity contribution is 0.264. The number of likely N-dealkylation sites (tertiary alicyclic amines) is 1. The van der Waals surface area contributed by atoms with Crippen LogP contribution in [0.5, 0.6) is 5.75 Å². The fourth-order valence-electron chi connectivity index (χ4n) is 2.30. The minimum Gasteiger partial charge on any atom is -0.494 e. The summed E-state index contributed by atoms with van der Waals surface area (Å²) in [7, 11) is -1.47. The maximum atomic E-state index is 9.20. The Morgan fingerprint density at radius 3 is 2.61 bits per heavy atom. The molecule has 5 heteroatoms. The Bertz CT molecular complexity index is 367. The lowest BCUT2D eigenvalue weighted by Crippen LogP contribution is -2.31. The van der Waals surface area contributed by atoms with Crippen LogP contribution in [0.2, 0.25) is 0 Å². The first-order chi connectivity index (χ1) is 8.77. The molecule has 0 atom stereocenters. The van der Waals surface area contributed by atoms with E-state index in [1.54, 1.807) is 18.2 Å². The van der Waals surface area contributed by atoms with E-state index < -0.39 is 7.12 Å². The average molecular weight is 249 g/mol. The molecule has 2 N–H and O–H groups in total. The Morgan fingerprint density at radius 2 is 1.89 bits per heavy atom. The summed E-state index contributed by atoms with van der Waals surface area (Å²) >= 11 is 0. The van der Waals surface area contributed by atoms with Gasteiger partial charge in [0.25, 0.3) is 0 Å². The molecule has 0 aromatic heterocycles. The topological polar surface area (TPSA) is 52.9 Å². The molecule has 0 radical (unpaired) electrons. The van der Waals surface area contributed by atoms with E-state index in [0.717, 1.165) is 13.0 Å². The normalized spacial score (nSPS) is 15.9. The van der Waals surface area contributed by atoms with Crippen LogP contribution in [0.4, 0.5) is 0 Å². The van der Waals surface area contributed by atoms with Crippen LogP contribution in [0.25, 0.3) is 0 Å². The second kappa shape index (κ2) is 6.78. The number of hydrogen-bond donors (Lipinski definition) is 2. The number of ether oxygens (including phenoxy) is 1. The molecule has 0 spiro atoms. The van der Waals surface area contributed by atoms with Crippen molar-refractivity contribution < 1.29 is 14.8 Å². The molecular formula is C13H20BNO3. The Kier molecular flexibility index (Phi) is 5.05. The van der Waals surface area contributed by atoms with Crippen LogP contribution in [0.1, 0.15) is 19.3 Å². The van der Waals surface area contributed by atoms with Crippen LogP contribution >= 0.6 is 0 Å². The van der Waals surface area contributed by atoms with Gasteiger partial charge in [0.2, 0.25) is 0 Å². The smallest absolute Gasteiger partial charge is 0.492 e. The molecule has 1 heterocycles. The predicted molar refractivity (Wildman–Crippen MR) is 72.1 cm³/mol. The van der Waals surface area contributed by atoms with Gasteiger partial charge in [-0.2, -0.15) is 0 Å². The van der Waals surface area contributed by atoms with Crippen molar-refractivity contribution in [1.29, 1.82) is 0 Å². The second-order valence-corrected chi connectivity index (χ2v) is 4.66. The molecule has 2 rings (SSSR count). The van der Waals surface area contributed by atoms with Gasteiger partial charge in [0.05, 0.1) is 6.61 Å². The molecule has 1 aromatic rings. The lowest BCUT2D eigenvalue weighted by Gasteiger charge is -2.15. The molecule has 0 unspecified atom stereocenters. The molecule has 4 nitrogen and oxygen atoms in total. The Labute approximate surface area is 108 Å². The number of benzene rings is 1. The van der Waals surface area contributed by atoms with E-state index in [1.807, 2.05) is 6.07 Å². The van der Waals surface area contributed by atoms with Gasteiger partial charge in [-0.3, -0.25) is 0 Å². The summed E-state index contributed by atoms with van der Waals surface area (Å²) < 4.78 is 5.61. The van der Waals surface area contributed by atoms with E-state index in [4.69, 9.17) is 4.74 Å². The van der Waals surface area contributed by atoms with Gasteiger partial charge >= 0.3 is 7.12 Å². The van der Waals surface area contributed by atoms with Crippen LogP contribution in [-0.2, 0) is 0 Å². The van der Waals surface area contributed by atoms with Gasteiger partial charge in [0.15, 0.2) is 0 Å². The highest BCUT2D eigenvalue weighted by molar-refractivity contribution is 6.59. The van der Waals surface area contributed by atoms with E-state index in [2.05, 4.69) is 4.90 Å². The molecule has 1 fully saturated rings. The van der Waals surface area contributed by atoms with E-state index in [9.17, 15) is 10.0 Å². The van der Waals surface area contributed by atoms with Gasteiger partial charge in [0.1, 0.15) is 5.75 Å². The van der Waals surface area contributed by atoms with Gasteiger partial charge in [0, 0.05) is 12.0 Å². The third-order valence-electron chi connectivity index (χ3n) is 3.27. The highest BCUT2D eigenvalue weighted by Crippen LogP contribution is 2.09. The Hall–Kier alpha value is -1.04. The van der Waals surface area contributed by atoms with Crippen molar-refractivity contribution in [3.63, 3.8) is 0 Å². The summed E-state index contributed by atoms with van der Waals surface area (Å²) in [6.07, 6.45) is 3.58. The molecule has 0 aliphatic carbocycles. The number of hydrogen-bond acceptors (Lipinski definition) is 4. The van der Waals surface area contributed by atoms with Crippen molar-refractivity contribution >= 4 is 12.6 Å². The monoisotopic (exact) mass is 249 g/mol. The van der Waals surface area contributed by atoms with Crippen molar-refractivity contribution in [2.24, 2.45) is 0 Å². The van der Waals surface area contributed by atoms with Crippen molar-refractivity contribution in [2.45, 2.75) is 19.3 Å². The maximum Gasteiger partial charge on any atom is 0.492 e. The molecule has 0 amide bonds. The molecule has 1 saturated heterocycles. The quantitative estimate of drug-likeness (QED) is 0.560. The first-order valence-electron chi connectivity index (χ1n) is 6.57. The number of rotatable bonds is 6. The fourth-order valence-corrected chi connectivity index (χ4v) is 2.30. The third kappa shape index (κ3) is 3.73. The Morgan fingerprint density at radius 1 is 1.17 bits per heavy atom. The van der Waals surface area contributed by atoms with E-state index in [-0.39, 0.29) is 0 Å². The highest BCUT2D eigenvalue weighted by Gasteiger charge is 2.16. The molecule has 0 bridgehead atoms. The molecular weight excluding hydrogens is 229 g/mol. The number of para-hydroxylation sites is 1. The van der Waals surface area contributed by atoms with Crippen molar-refractivity contribution in [3.8, 4) is 5.75 Å². The lowest BCUT2D eigenvalue weighted by atomic mass is 9.79. The van der Waals surface area contributed by atoms with Gasteiger partial charge in [-0.25, -0.2) is 0 Å². The van der Waals surface area contributed by atoms with Crippen LogP contribution in [0, 0.1) is 0 Å². The zero-order valence-electron chi connectivity index (χ0n) is 10.6. The summed E-state index contributed by atoms with van der Waals surface area (Å²) in [5.41, 5.74) is 0.429. The predicted octanol–water partition coefficient (Wildman–Crippen LogP) is 0.231. The molecule has 1 aromatic carbocycles. The summed E-state index contributed by atoms with van der Waals surface area (Å²) in [5, 5.41) is 18.4. The van der Waals surface area contributed by atoms with Gasteiger partial charge in [-0.05, 0) is 38.4 Å². The second-order valence-electron chi connectivity index (χ2n) is 4.66. The van der Waals surface area contributed by atoms with E-state index >= 15 is 0 Å². The first-order valence-corrected chi connectivity index (χ1v) is 6.57. The minimum atomic E-state index is -1.47. The van der Waals surface area contributed by atoms with Crippen molar-refractivity contribution in [1.82, 2.24) is 4.90 Å². The zero-order valence-corrected chi connectivity index (χ0v) is 10.6. The average Bonchev–Trinajstić information content (AvgIpc) is 2.88. The van der Waals surface area contributed by atoms with Gasteiger partial charge in [-0.15, -0.1) is 0 Å². The van der Waals surface area contributed by atoms with Crippen molar-refractivity contribution in [3.05, 3.63) is 24.3 Å². The first kappa shape index (κ1) is 13.4. The van der Waals surface area contributed by atoms with Gasteiger partial charge < -0.3 is 19.7 Å². The molecule has 1 aliphatic heterocycles. The summed E-state index contributed by atoms with van der Waals surface area (Å²) in [5.74, 6) is 0.564. The van der Waals surface area contributed by atoms with E-state index in [1.165, 1.54) is 25.9 Å².